The topological polar surface area (TPSA) is 88.0 Å². The molecule has 0 saturated carbocycles. The Kier molecular flexibility index (Phi) is 3.34. The fraction of sp³-hybridized carbons (Fsp3) is 0.111. The van der Waals surface area contributed by atoms with Crippen LogP contribution < -0.4 is 5.32 Å². The molecule has 10 heteroatoms. The van der Waals surface area contributed by atoms with Gasteiger partial charge in [-0.3, -0.25) is 4.98 Å². The van der Waals surface area contributed by atoms with Crippen molar-refractivity contribution in [2.45, 2.75) is 6.18 Å². The molecule has 0 aromatic carbocycles. The van der Waals surface area contributed by atoms with Crippen molar-refractivity contribution >= 4 is 28.2 Å². The number of carboxylic acid groups (broad SMARTS) is 1. The molecule has 0 amide bonds. The van der Waals surface area contributed by atoms with E-state index in [0.717, 1.165) is 23.8 Å². The number of carbonyl (C=O) groups is 1. The number of aromatic nitrogens is 3. The summed E-state index contributed by atoms with van der Waals surface area (Å²) in [5, 5.41) is 14.7. The smallest absolute Gasteiger partial charge is 0.417 e. The molecule has 0 spiro atoms. The summed E-state index contributed by atoms with van der Waals surface area (Å²) in [5.41, 5.74) is -1.29. The number of aromatic carboxylic acids is 1. The Balaban J connectivity index is 2.29. The Bertz CT molecular complexity index is 614. The van der Waals surface area contributed by atoms with Crippen molar-refractivity contribution in [3.8, 4) is 0 Å². The molecule has 2 heterocycles. The lowest BCUT2D eigenvalue weighted by Crippen LogP contribution is -2.06. The predicted octanol–water partition coefficient (Wildman–Crippen LogP) is 2.39. The molecule has 100 valence electrons. The van der Waals surface area contributed by atoms with Gasteiger partial charge in [0.25, 0.3) is 0 Å². The minimum absolute atomic E-state index is 0.00313. The number of carboxylic acids is 1. The third kappa shape index (κ3) is 2.96. The molecule has 0 radical (unpaired) electrons. The Labute approximate surface area is 108 Å². The minimum Gasteiger partial charge on any atom is -0.476 e. The molecular formula is C9H5F3N4O2S. The zero-order chi connectivity index (χ0) is 14.0. The molecule has 2 rings (SSSR count). The van der Waals surface area contributed by atoms with Gasteiger partial charge in [0.15, 0.2) is 0 Å². The highest BCUT2D eigenvalue weighted by Crippen LogP contribution is 2.31. The molecule has 0 saturated heterocycles. The average Bonchev–Trinajstić information content (AvgIpc) is 2.76. The predicted molar refractivity (Wildman–Crippen MR) is 59.4 cm³/mol. The van der Waals surface area contributed by atoms with Crippen LogP contribution in [0.15, 0.2) is 18.5 Å². The molecule has 0 unspecified atom stereocenters. The molecule has 2 N–H and O–H groups in total. The standard InChI is InChI=1S/C9H5F3N4O2S/c10-9(11,12)4-1-5(3-13-2-4)14-7-6(8(17)18)15-16-19-7/h1-3,14H,(H,17,18). The third-order valence-corrected chi connectivity index (χ3v) is 2.66. The number of nitrogens with one attached hydrogen (secondary N) is 1. The second kappa shape index (κ2) is 4.80. The normalized spacial score (nSPS) is 11.3. The van der Waals surface area contributed by atoms with Crippen LogP contribution in [0, 0.1) is 0 Å². The molecule has 0 aliphatic rings. The van der Waals surface area contributed by atoms with E-state index < -0.39 is 17.7 Å². The second-order valence-electron chi connectivity index (χ2n) is 3.34. The highest BCUT2D eigenvalue weighted by molar-refractivity contribution is 7.10. The van der Waals surface area contributed by atoms with E-state index in [9.17, 15) is 18.0 Å². The minimum atomic E-state index is -4.52. The second-order valence-corrected chi connectivity index (χ2v) is 4.09. The summed E-state index contributed by atoms with van der Waals surface area (Å²) in [6, 6.07) is 0.818. The fourth-order valence-corrected chi connectivity index (χ4v) is 1.79. The van der Waals surface area contributed by atoms with Crippen LogP contribution in [-0.2, 0) is 6.18 Å². The molecule has 0 fully saturated rings. The summed E-state index contributed by atoms with van der Waals surface area (Å²) in [7, 11) is 0. The van der Waals surface area contributed by atoms with Crippen LogP contribution in [-0.4, -0.2) is 25.6 Å². The van der Waals surface area contributed by atoms with E-state index in [-0.39, 0.29) is 16.4 Å². The summed E-state index contributed by atoms with van der Waals surface area (Å²) < 4.78 is 40.8. The number of alkyl halides is 3. The molecule has 6 nitrogen and oxygen atoms in total. The van der Waals surface area contributed by atoms with Gasteiger partial charge in [0, 0.05) is 17.7 Å². The molecule has 0 aliphatic heterocycles. The van der Waals surface area contributed by atoms with Gasteiger partial charge in [0.1, 0.15) is 5.00 Å². The van der Waals surface area contributed by atoms with Crippen molar-refractivity contribution < 1.29 is 23.1 Å². The van der Waals surface area contributed by atoms with Crippen LogP contribution >= 0.6 is 11.5 Å². The van der Waals surface area contributed by atoms with Crippen LogP contribution in [0.4, 0.5) is 23.9 Å². The quantitative estimate of drug-likeness (QED) is 0.902. The first-order chi connectivity index (χ1) is 8.88. The third-order valence-electron chi connectivity index (χ3n) is 2.01. The van der Waals surface area contributed by atoms with Crippen molar-refractivity contribution in [3.63, 3.8) is 0 Å². The highest BCUT2D eigenvalue weighted by Gasteiger charge is 2.31. The molecule has 0 atom stereocenters. The van der Waals surface area contributed by atoms with Crippen LogP contribution in [0.1, 0.15) is 16.1 Å². The Hall–Kier alpha value is -2.23. The van der Waals surface area contributed by atoms with Gasteiger partial charge in [0.05, 0.1) is 17.4 Å². The van der Waals surface area contributed by atoms with Crippen molar-refractivity contribution in [2.24, 2.45) is 0 Å². The highest BCUT2D eigenvalue weighted by atomic mass is 32.1. The van der Waals surface area contributed by atoms with Crippen LogP contribution in [0.5, 0.6) is 0 Å². The molecule has 2 aromatic rings. The molecule has 0 aliphatic carbocycles. The maximum atomic E-state index is 12.5. The van der Waals surface area contributed by atoms with Crippen LogP contribution in [0.25, 0.3) is 0 Å². The van der Waals surface area contributed by atoms with Gasteiger partial charge in [-0.25, -0.2) is 4.79 Å². The number of halogens is 3. The number of pyridine rings is 1. The first-order valence-corrected chi connectivity index (χ1v) is 5.50. The summed E-state index contributed by atoms with van der Waals surface area (Å²) in [4.78, 5) is 14.2. The average molecular weight is 290 g/mol. The van der Waals surface area contributed by atoms with Gasteiger partial charge in [-0.1, -0.05) is 4.49 Å². The maximum absolute atomic E-state index is 12.5. The van der Waals surface area contributed by atoms with Crippen molar-refractivity contribution in [3.05, 3.63) is 29.7 Å². The lowest BCUT2D eigenvalue weighted by atomic mass is 10.2. The fourth-order valence-electron chi connectivity index (χ4n) is 1.21. The lowest BCUT2D eigenvalue weighted by Gasteiger charge is -2.08. The maximum Gasteiger partial charge on any atom is 0.417 e. The van der Waals surface area contributed by atoms with E-state index in [0.29, 0.717) is 6.20 Å². The molecule has 2 aromatic heterocycles. The van der Waals surface area contributed by atoms with Gasteiger partial charge in [-0.15, -0.1) is 5.10 Å². The number of nitrogens with zero attached hydrogens (tertiary/aromatic N) is 3. The van der Waals surface area contributed by atoms with Crippen molar-refractivity contribution in [2.75, 3.05) is 5.32 Å². The summed E-state index contributed by atoms with van der Waals surface area (Å²) in [6.45, 7) is 0. The van der Waals surface area contributed by atoms with E-state index in [4.69, 9.17) is 5.11 Å². The Morgan fingerprint density at radius 1 is 1.37 bits per heavy atom. The number of rotatable bonds is 3. The first-order valence-electron chi connectivity index (χ1n) is 4.73. The molecule has 19 heavy (non-hydrogen) atoms. The van der Waals surface area contributed by atoms with Gasteiger partial charge in [0.2, 0.25) is 5.69 Å². The monoisotopic (exact) mass is 290 g/mol. The summed E-state index contributed by atoms with van der Waals surface area (Å²) in [6.07, 6.45) is -2.71. The van der Waals surface area contributed by atoms with Gasteiger partial charge >= 0.3 is 12.1 Å². The van der Waals surface area contributed by atoms with E-state index in [1.807, 2.05) is 0 Å². The number of anilines is 2. The van der Waals surface area contributed by atoms with Crippen molar-refractivity contribution in [1.82, 2.24) is 14.6 Å². The zero-order valence-electron chi connectivity index (χ0n) is 8.97. The van der Waals surface area contributed by atoms with Crippen LogP contribution in [0.3, 0.4) is 0 Å². The number of hydrogen-bond donors (Lipinski definition) is 2. The van der Waals surface area contributed by atoms with Gasteiger partial charge < -0.3 is 10.4 Å². The largest absolute Gasteiger partial charge is 0.476 e. The van der Waals surface area contributed by atoms with Crippen LogP contribution in [0.2, 0.25) is 0 Å². The Morgan fingerprint density at radius 2 is 2.11 bits per heavy atom. The summed E-state index contributed by atoms with van der Waals surface area (Å²) in [5.74, 6) is -1.32. The number of hydrogen-bond acceptors (Lipinski definition) is 6. The van der Waals surface area contributed by atoms with E-state index >= 15 is 0 Å². The Morgan fingerprint density at radius 3 is 2.74 bits per heavy atom. The SMILES string of the molecule is O=C(O)c1nnsc1Nc1cncc(C(F)(F)F)c1. The molecule has 0 bridgehead atoms. The summed E-state index contributed by atoms with van der Waals surface area (Å²) >= 11 is 0.724. The first kappa shape index (κ1) is 13.2. The lowest BCUT2D eigenvalue weighted by molar-refractivity contribution is -0.137. The van der Waals surface area contributed by atoms with Gasteiger partial charge in [-0.05, 0) is 6.07 Å². The van der Waals surface area contributed by atoms with E-state index in [2.05, 4.69) is 19.9 Å². The molecular weight excluding hydrogens is 285 g/mol. The van der Waals surface area contributed by atoms with E-state index in [1.165, 1.54) is 0 Å². The van der Waals surface area contributed by atoms with E-state index in [1.54, 1.807) is 0 Å². The zero-order valence-corrected chi connectivity index (χ0v) is 9.79. The van der Waals surface area contributed by atoms with Gasteiger partial charge in [-0.2, -0.15) is 13.2 Å². The van der Waals surface area contributed by atoms with Crippen molar-refractivity contribution in [1.29, 1.82) is 0 Å².